The molecule has 2 heterocycles. The molecule has 0 bridgehead atoms. The fourth-order valence-electron chi connectivity index (χ4n) is 4.01. The molecule has 1 aromatic heterocycles. The first-order valence-corrected chi connectivity index (χ1v) is 9.40. The van der Waals surface area contributed by atoms with Crippen LogP contribution in [0.4, 0.5) is 4.79 Å². The first-order valence-electron chi connectivity index (χ1n) is 9.40. The van der Waals surface area contributed by atoms with Gasteiger partial charge in [-0.25, -0.2) is 4.79 Å². The molecular weight excluding hydrogens is 346 g/mol. The second kappa shape index (κ2) is 6.72. The molecule has 7 nitrogen and oxygen atoms in total. The summed E-state index contributed by atoms with van der Waals surface area (Å²) in [6, 6.07) is 8.88. The predicted molar refractivity (Wildman–Crippen MR) is 98.8 cm³/mol. The van der Waals surface area contributed by atoms with Gasteiger partial charge in [-0.1, -0.05) is 31.0 Å². The van der Waals surface area contributed by atoms with E-state index < -0.39 is 5.54 Å². The Balaban J connectivity index is 1.34. The molecule has 142 valence electrons. The zero-order valence-electron chi connectivity index (χ0n) is 15.3. The summed E-state index contributed by atoms with van der Waals surface area (Å²) in [4.78, 5) is 38.2. The van der Waals surface area contributed by atoms with Gasteiger partial charge in [0.1, 0.15) is 16.9 Å². The number of furan rings is 1. The number of imide groups is 1. The lowest BCUT2D eigenvalue weighted by atomic mass is 9.98. The number of rotatable bonds is 5. The highest BCUT2D eigenvalue weighted by molar-refractivity contribution is 6.07. The SMILES string of the molecule is C[C@H](NC(=O)CCN1C(=O)NC2(CCCC2)C1=O)c1cc2ccccc2o1. The predicted octanol–water partition coefficient (Wildman–Crippen LogP) is 2.86. The highest BCUT2D eigenvalue weighted by Gasteiger charge is 2.52. The van der Waals surface area contributed by atoms with Gasteiger partial charge in [-0.15, -0.1) is 0 Å². The van der Waals surface area contributed by atoms with Crippen LogP contribution in [0.15, 0.2) is 34.7 Å². The van der Waals surface area contributed by atoms with Crippen molar-refractivity contribution in [3.63, 3.8) is 0 Å². The maximum atomic E-state index is 12.6. The fraction of sp³-hybridized carbons (Fsp3) is 0.450. The molecule has 1 saturated carbocycles. The minimum atomic E-state index is -0.727. The lowest BCUT2D eigenvalue weighted by Gasteiger charge is -2.20. The minimum absolute atomic E-state index is 0.0693. The largest absolute Gasteiger partial charge is 0.459 e. The number of carbonyl (C=O) groups is 3. The van der Waals surface area contributed by atoms with E-state index in [1.54, 1.807) is 0 Å². The summed E-state index contributed by atoms with van der Waals surface area (Å²) >= 11 is 0. The number of carbonyl (C=O) groups excluding carboxylic acids is 3. The van der Waals surface area contributed by atoms with Crippen molar-refractivity contribution >= 4 is 28.8 Å². The standard InChI is InChI=1S/C20H23N3O4/c1-13(16-12-14-6-2-3-7-15(14)27-16)21-17(24)8-11-23-18(25)20(22-19(23)26)9-4-5-10-20/h2-3,6-7,12-13H,4-5,8-11H2,1H3,(H,21,24)(H,22,26)/t13-/m0/s1. The van der Waals surface area contributed by atoms with E-state index in [2.05, 4.69) is 10.6 Å². The van der Waals surface area contributed by atoms with Crippen molar-refractivity contribution in [1.29, 1.82) is 0 Å². The van der Waals surface area contributed by atoms with Crippen molar-refractivity contribution < 1.29 is 18.8 Å². The van der Waals surface area contributed by atoms with Crippen LogP contribution in [-0.4, -0.2) is 34.8 Å². The number of nitrogens with one attached hydrogen (secondary N) is 2. The Hall–Kier alpha value is -2.83. The molecule has 2 fully saturated rings. The molecular formula is C20H23N3O4. The third kappa shape index (κ3) is 3.18. The molecule has 1 aromatic carbocycles. The molecule has 1 saturated heterocycles. The van der Waals surface area contributed by atoms with E-state index in [9.17, 15) is 14.4 Å². The molecule has 0 radical (unpaired) electrons. The number of urea groups is 1. The van der Waals surface area contributed by atoms with Crippen LogP contribution >= 0.6 is 0 Å². The third-order valence-corrected chi connectivity index (χ3v) is 5.51. The summed E-state index contributed by atoms with van der Waals surface area (Å²) in [6.07, 6.45) is 3.32. The number of hydrogen-bond acceptors (Lipinski definition) is 4. The highest BCUT2D eigenvalue weighted by Crippen LogP contribution is 2.35. The summed E-state index contributed by atoms with van der Waals surface area (Å²) in [5.41, 5.74) is 0.0459. The van der Waals surface area contributed by atoms with Gasteiger partial charge < -0.3 is 15.1 Å². The Bertz CT molecular complexity index is 865. The van der Waals surface area contributed by atoms with Crippen molar-refractivity contribution in [2.45, 2.75) is 50.6 Å². The topological polar surface area (TPSA) is 91.7 Å². The van der Waals surface area contributed by atoms with Crippen LogP contribution in [0.5, 0.6) is 0 Å². The maximum absolute atomic E-state index is 12.6. The van der Waals surface area contributed by atoms with Crippen molar-refractivity contribution in [2.75, 3.05) is 6.54 Å². The van der Waals surface area contributed by atoms with E-state index in [0.29, 0.717) is 18.6 Å². The Morgan fingerprint density at radius 2 is 2.04 bits per heavy atom. The van der Waals surface area contributed by atoms with Crippen LogP contribution in [0.2, 0.25) is 0 Å². The number of para-hydroxylation sites is 1. The third-order valence-electron chi connectivity index (χ3n) is 5.51. The first kappa shape index (κ1) is 17.6. The molecule has 4 rings (SSSR count). The lowest BCUT2D eigenvalue weighted by molar-refractivity contribution is -0.131. The average molecular weight is 369 g/mol. The van der Waals surface area contributed by atoms with E-state index in [-0.39, 0.29) is 36.9 Å². The number of amides is 4. The van der Waals surface area contributed by atoms with Crippen molar-refractivity contribution in [1.82, 2.24) is 15.5 Å². The second-order valence-electron chi connectivity index (χ2n) is 7.40. The van der Waals surface area contributed by atoms with Gasteiger partial charge in [0.2, 0.25) is 5.91 Å². The zero-order valence-corrected chi connectivity index (χ0v) is 15.3. The monoisotopic (exact) mass is 369 g/mol. The van der Waals surface area contributed by atoms with Crippen molar-refractivity contribution in [2.24, 2.45) is 0 Å². The summed E-state index contributed by atoms with van der Waals surface area (Å²) in [5, 5.41) is 6.68. The summed E-state index contributed by atoms with van der Waals surface area (Å²) in [6.45, 7) is 1.93. The van der Waals surface area contributed by atoms with E-state index in [1.807, 2.05) is 37.3 Å². The Morgan fingerprint density at radius 3 is 2.78 bits per heavy atom. The summed E-state index contributed by atoms with van der Waals surface area (Å²) in [7, 11) is 0. The number of benzene rings is 1. The van der Waals surface area contributed by atoms with E-state index in [0.717, 1.165) is 23.8 Å². The fourth-order valence-corrected chi connectivity index (χ4v) is 4.01. The first-order chi connectivity index (χ1) is 13.0. The smallest absolute Gasteiger partial charge is 0.325 e. The van der Waals surface area contributed by atoms with E-state index in [4.69, 9.17) is 4.42 Å². The van der Waals surface area contributed by atoms with Gasteiger partial charge in [-0.05, 0) is 31.9 Å². The Morgan fingerprint density at radius 1 is 1.30 bits per heavy atom. The molecule has 7 heteroatoms. The molecule has 0 unspecified atom stereocenters. The molecule has 1 spiro atoms. The van der Waals surface area contributed by atoms with Crippen LogP contribution in [0.25, 0.3) is 11.0 Å². The van der Waals surface area contributed by atoms with Gasteiger partial charge in [0.25, 0.3) is 5.91 Å². The molecule has 27 heavy (non-hydrogen) atoms. The quantitative estimate of drug-likeness (QED) is 0.793. The van der Waals surface area contributed by atoms with Crippen LogP contribution in [0.3, 0.4) is 0 Å². The van der Waals surface area contributed by atoms with Crippen LogP contribution in [0, 0.1) is 0 Å². The molecule has 1 aliphatic carbocycles. The Kier molecular flexibility index (Phi) is 4.37. The summed E-state index contributed by atoms with van der Waals surface area (Å²) in [5.74, 6) is 0.253. The van der Waals surface area contributed by atoms with Crippen LogP contribution in [0.1, 0.15) is 50.8 Å². The number of nitrogens with zero attached hydrogens (tertiary/aromatic N) is 1. The second-order valence-corrected chi connectivity index (χ2v) is 7.40. The molecule has 2 aromatic rings. The molecule has 2 aliphatic rings. The average Bonchev–Trinajstić information content (AvgIpc) is 3.33. The van der Waals surface area contributed by atoms with Gasteiger partial charge >= 0.3 is 6.03 Å². The van der Waals surface area contributed by atoms with Gasteiger partial charge in [-0.3, -0.25) is 14.5 Å². The van der Waals surface area contributed by atoms with Gasteiger partial charge in [-0.2, -0.15) is 0 Å². The van der Waals surface area contributed by atoms with E-state index in [1.165, 1.54) is 4.90 Å². The molecule has 2 N–H and O–H groups in total. The van der Waals surface area contributed by atoms with E-state index >= 15 is 0 Å². The minimum Gasteiger partial charge on any atom is -0.459 e. The van der Waals surface area contributed by atoms with Gasteiger partial charge in [0, 0.05) is 18.4 Å². The van der Waals surface area contributed by atoms with Gasteiger partial charge in [0.05, 0.1) is 6.04 Å². The van der Waals surface area contributed by atoms with Gasteiger partial charge in [0.15, 0.2) is 0 Å². The lowest BCUT2D eigenvalue weighted by Crippen LogP contribution is -2.44. The highest BCUT2D eigenvalue weighted by atomic mass is 16.3. The van der Waals surface area contributed by atoms with Crippen molar-refractivity contribution in [3.8, 4) is 0 Å². The molecule has 4 amide bonds. The number of hydrogen-bond donors (Lipinski definition) is 2. The summed E-state index contributed by atoms with van der Waals surface area (Å²) < 4.78 is 5.76. The Labute approximate surface area is 157 Å². The molecule has 1 aliphatic heterocycles. The molecule has 1 atom stereocenters. The van der Waals surface area contributed by atoms with Crippen LogP contribution < -0.4 is 10.6 Å². The normalized spacial score (nSPS) is 19.7. The van der Waals surface area contributed by atoms with Crippen molar-refractivity contribution in [3.05, 3.63) is 36.1 Å². The number of fused-ring (bicyclic) bond motifs is 1. The zero-order chi connectivity index (χ0) is 19.0. The maximum Gasteiger partial charge on any atom is 0.325 e. The van der Waals surface area contributed by atoms with Crippen LogP contribution in [-0.2, 0) is 9.59 Å².